The molecular weight excluding hydrogens is 438 g/mol. The second-order valence-corrected chi connectivity index (χ2v) is 12.7. The minimum absolute atomic E-state index is 0.0328. The van der Waals surface area contributed by atoms with Crippen LogP contribution in [0.1, 0.15) is 13.3 Å². The zero-order valence-corrected chi connectivity index (χ0v) is 19.1. The third-order valence-electron chi connectivity index (χ3n) is 6.12. The third-order valence-corrected chi connectivity index (χ3v) is 9.92. The fourth-order valence-electron chi connectivity index (χ4n) is 4.21. The van der Waals surface area contributed by atoms with Crippen LogP contribution in [0.25, 0.3) is 10.8 Å². The lowest BCUT2D eigenvalue weighted by Gasteiger charge is -2.35. The molecule has 0 aliphatic carbocycles. The zero-order valence-electron chi connectivity index (χ0n) is 17.5. The van der Waals surface area contributed by atoms with Crippen molar-refractivity contribution in [2.24, 2.45) is 0 Å². The highest BCUT2D eigenvalue weighted by molar-refractivity contribution is 7.91. The van der Waals surface area contributed by atoms with Gasteiger partial charge in [0.25, 0.3) is 0 Å². The number of sulfonamides is 1. The summed E-state index contributed by atoms with van der Waals surface area (Å²) in [5.74, 6) is 0.0226. The van der Waals surface area contributed by atoms with Crippen LogP contribution in [0.4, 0.5) is 0 Å². The molecule has 2 aliphatic heterocycles. The lowest BCUT2D eigenvalue weighted by molar-refractivity contribution is -0.131. The molecule has 1 amide bonds. The molecule has 10 heteroatoms. The quantitative estimate of drug-likeness (QED) is 0.702. The summed E-state index contributed by atoms with van der Waals surface area (Å²) in [6.45, 7) is 2.94. The molecule has 0 aromatic heterocycles. The molecule has 0 unspecified atom stereocenters. The van der Waals surface area contributed by atoms with Gasteiger partial charge in [-0.2, -0.15) is 4.31 Å². The summed E-state index contributed by atoms with van der Waals surface area (Å²) < 4.78 is 51.0. The second-order valence-electron chi connectivity index (χ2n) is 8.55. The minimum atomic E-state index is -3.64. The average molecular weight is 466 g/mol. The fraction of sp³-hybridized carbons (Fsp3) is 0.476. The van der Waals surface area contributed by atoms with Gasteiger partial charge in [0, 0.05) is 31.7 Å². The van der Waals surface area contributed by atoms with Crippen LogP contribution >= 0.6 is 0 Å². The van der Waals surface area contributed by atoms with Crippen molar-refractivity contribution >= 4 is 36.5 Å². The van der Waals surface area contributed by atoms with E-state index in [1.165, 1.54) is 4.31 Å². The van der Waals surface area contributed by atoms with Gasteiger partial charge in [-0.25, -0.2) is 16.8 Å². The Balaban J connectivity index is 1.35. The van der Waals surface area contributed by atoms with E-state index in [2.05, 4.69) is 5.32 Å². The van der Waals surface area contributed by atoms with Crippen molar-refractivity contribution in [2.75, 3.05) is 44.2 Å². The summed E-state index contributed by atoms with van der Waals surface area (Å²) in [5, 5.41) is 4.94. The molecule has 168 valence electrons. The Labute approximate surface area is 183 Å². The minimum Gasteiger partial charge on any atom is -0.339 e. The Morgan fingerprint density at radius 3 is 2.39 bits per heavy atom. The lowest BCUT2D eigenvalue weighted by atomic mass is 10.0. The summed E-state index contributed by atoms with van der Waals surface area (Å²) in [4.78, 5) is 14.5. The van der Waals surface area contributed by atoms with Crippen LogP contribution in [0, 0.1) is 0 Å². The van der Waals surface area contributed by atoms with E-state index in [9.17, 15) is 21.6 Å². The Bertz CT molecular complexity index is 1200. The first-order valence-electron chi connectivity index (χ1n) is 10.3. The average Bonchev–Trinajstić information content (AvgIpc) is 3.04. The molecule has 4 rings (SSSR count). The van der Waals surface area contributed by atoms with Crippen molar-refractivity contribution in [2.45, 2.75) is 23.8 Å². The van der Waals surface area contributed by atoms with Gasteiger partial charge in [0.05, 0.1) is 22.9 Å². The zero-order chi connectivity index (χ0) is 22.3. The molecule has 31 heavy (non-hydrogen) atoms. The molecule has 2 aliphatic rings. The molecule has 2 aromatic carbocycles. The van der Waals surface area contributed by atoms with Gasteiger partial charge in [-0.15, -0.1) is 0 Å². The van der Waals surface area contributed by atoms with Gasteiger partial charge in [0.1, 0.15) is 0 Å². The van der Waals surface area contributed by atoms with Crippen LogP contribution in [-0.4, -0.2) is 81.7 Å². The molecule has 2 heterocycles. The van der Waals surface area contributed by atoms with Crippen molar-refractivity contribution in [1.82, 2.24) is 14.5 Å². The van der Waals surface area contributed by atoms with E-state index in [1.54, 1.807) is 23.1 Å². The molecule has 2 saturated heterocycles. The number of hydrogen-bond acceptors (Lipinski definition) is 6. The Morgan fingerprint density at radius 1 is 1.06 bits per heavy atom. The highest BCUT2D eigenvalue weighted by Crippen LogP contribution is 2.24. The summed E-state index contributed by atoms with van der Waals surface area (Å²) in [5.41, 5.74) is -0.588. The summed E-state index contributed by atoms with van der Waals surface area (Å²) in [7, 11) is -6.69. The maximum absolute atomic E-state index is 13.1. The molecule has 2 fully saturated rings. The number of amides is 1. The number of carbonyl (C=O) groups excluding carboxylic acids is 1. The highest BCUT2D eigenvalue weighted by atomic mass is 32.2. The lowest BCUT2D eigenvalue weighted by Crippen LogP contribution is -2.54. The number of piperazine rings is 1. The van der Waals surface area contributed by atoms with Gasteiger partial charge in [-0.05, 0) is 36.2 Å². The van der Waals surface area contributed by atoms with Crippen LogP contribution in [0.3, 0.4) is 0 Å². The van der Waals surface area contributed by atoms with E-state index in [0.717, 1.165) is 10.8 Å². The number of sulfone groups is 1. The molecule has 0 radical (unpaired) electrons. The predicted molar refractivity (Wildman–Crippen MR) is 119 cm³/mol. The standard InChI is InChI=1S/C21H27N3O5S2/c1-21(8-13-30(26,27)16-21)22-15-20(25)23-9-11-24(12-10-23)31(28,29)19-7-6-17-4-2-3-5-18(17)14-19/h2-7,14,22H,8-13,15-16H2,1H3/t21-/m1/s1. The number of rotatable bonds is 5. The van der Waals surface area contributed by atoms with E-state index in [0.29, 0.717) is 19.5 Å². The van der Waals surface area contributed by atoms with Crippen molar-refractivity contribution in [3.63, 3.8) is 0 Å². The van der Waals surface area contributed by atoms with Crippen LogP contribution in [0.5, 0.6) is 0 Å². The first kappa shape index (κ1) is 22.2. The van der Waals surface area contributed by atoms with E-state index in [1.807, 2.05) is 31.2 Å². The number of fused-ring (bicyclic) bond motifs is 1. The maximum Gasteiger partial charge on any atom is 0.243 e. The molecule has 1 N–H and O–H groups in total. The third kappa shape index (κ3) is 4.77. The highest BCUT2D eigenvalue weighted by Gasteiger charge is 2.38. The number of carbonyl (C=O) groups is 1. The molecule has 0 spiro atoms. The van der Waals surface area contributed by atoms with E-state index in [4.69, 9.17) is 0 Å². The maximum atomic E-state index is 13.1. The van der Waals surface area contributed by atoms with Crippen molar-refractivity contribution in [1.29, 1.82) is 0 Å². The van der Waals surface area contributed by atoms with Crippen LogP contribution < -0.4 is 5.32 Å². The topological polar surface area (TPSA) is 104 Å². The SMILES string of the molecule is C[C@@]1(NCC(=O)N2CCN(S(=O)(=O)c3ccc4ccccc4c3)CC2)CCS(=O)(=O)C1. The van der Waals surface area contributed by atoms with Gasteiger partial charge in [-0.1, -0.05) is 30.3 Å². The molecule has 0 bridgehead atoms. The van der Waals surface area contributed by atoms with Crippen molar-refractivity contribution < 1.29 is 21.6 Å². The van der Waals surface area contributed by atoms with Gasteiger partial charge < -0.3 is 10.2 Å². The van der Waals surface area contributed by atoms with Gasteiger partial charge in [0.2, 0.25) is 15.9 Å². The molecule has 0 saturated carbocycles. The number of nitrogens with zero attached hydrogens (tertiary/aromatic N) is 2. The van der Waals surface area contributed by atoms with Gasteiger partial charge >= 0.3 is 0 Å². The van der Waals surface area contributed by atoms with E-state index < -0.39 is 25.4 Å². The van der Waals surface area contributed by atoms with Crippen LogP contribution in [-0.2, 0) is 24.7 Å². The summed E-state index contributed by atoms with van der Waals surface area (Å²) in [6.07, 6.45) is 0.487. The molecule has 8 nitrogen and oxygen atoms in total. The van der Waals surface area contributed by atoms with Gasteiger partial charge in [0.15, 0.2) is 9.84 Å². The van der Waals surface area contributed by atoms with E-state index in [-0.39, 0.29) is 41.9 Å². The first-order chi connectivity index (χ1) is 14.6. The van der Waals surface area contributed by atoms with Crippen LogP contribution in [0.2, 0.25) is 0 Å². The molecular formula is C21H27N3O5S2. The normalized spacial score (nSPS) is 24.5. The first-order valence-corrected chi connectivity index (χ1v) is 13.6. The number of nitrogens with one attached hydrogen (secondary N) is 1. The smallest absolute Gasteiger partial charge is 0.243 e. The summed E-state index contributed by atoms with van der Waals surface area (Å²) in [6, 6.07) is 12.7. The summed E-state index contributed by atoms with van der Waals surface area (Å²) >= 11 is 0. The Kier molecular flexibility index (Phi) is 5.84. The number of benzene rings is 2. The predicted octanol–water partition coefficient (Wildman–Crippen LogP) is 0.840. The fourth-order valence-corrected chi connectivity index (χ4v) is 7.79. The molecule has 1 atom stereocenters. The Hall–Kier alpha value is -2.01. The largest absolute Gasteiger partial charge is 0.339 e. The Morgan fingerprint density at radius 2 is 1.74 bits per heavy atom. The monoisotopic (exact) mass is 465 g/mol. The van der Waals surface area contributed by atoms with E-state index >= 15 is 0 Å². The van der Waals surface area contributed by atoms with Crippen LogP contribution in [0.15, 0.2) is 47.4 Å². The second kappa shape index (κ2) is 8.16. The van der Waals surface area contributed by atoms with Crippen molar-refractivity contribution in [3.05, 3.63) is 42.5 Å². The number of hydrogen-bond donors (Lipinski definition) is 1. The van der Waals surface area contributed by atoms with Crippen molar-refractivity contribution in [3.8, 4) is 0 Å². The molecule has 2 aromatic rings. The van der Waals surface area contributed by atoms with Gasteiger partial charge in [-0.3, -0.25) is 4.79 Å².